The van der Waals surface area contributed by atoms with Crippen molar-refractivity contribution in [1.82, 2.24) is 4.98 Å². The van der Waals surface area contributed by atoms with Gasteiger partial charge in [-0.2, -0.15) is 0 Å². The topological polar surface area (TPSA) is 63.2 Å². The predicted octanol–water partition coefficient (Wildman–Crippen LogP) is 4.67. The molecule has 5 nitrogen and oxygen atoms in total. The Hall–Kier alpha value is -3.48. The average molecular weight is 369 g/mol. The number of hydrogen-bond acceptors (Lipinski definition) is 4. The molecular formula is C20H17F2N3O2. The van der Waals surface area contributed by atoms with Crippen molar-refractivity contribution in [3.8, 4) is 5.75 Å². The van der Waals surface area contributed by atoms with E-state index < -0.39 is 17.5 Å². The fraction of sp³-hybridized carbons (Fsp3) is 0.100. The Kier molecular flexibility index (Phi) is 5.30. The first kappa shape index (κ1) is 18.3. The van der Waals surface area contributed by atoms with Gasteiger partial charge >= 0.3 is 0 Å². The molecule has 0 unspecified atom stereocenters. The number of benzene rings is 2. The van der Waals surface area contributed by atoms with Crippen molar-refractivity contribution < 1.29 is 18.3 Å². The third kappa shape index (κ3) is 4.38. The maximum Gasteiger partial charge on any atom is 0.274 e. The van der Waals surface area contributed by atoms with Crippen LogP contribution in [-0.4, -0.2) is 18.0 Å². The second kappa shape index (κ2) is 7.82. The van der Waals surface area contributed by atoms with Gasteiger partial charge in [0.25, 0.3) is 5.91 Å². The fourth-order valence-electron chi connectivity index (χ4n) is 2.45. The van der Waals surface area contributed by atoms with Gasteiger partial charge in [0.15, 0.2) is 0 Å². The molecule has 1 aromatic heterocycles. The van der Waals surface area contributed by atoms with E-state index in [2.05, 4.69) is 15.6 Å². The molecule has 0 bridgehead atoms. The van der Waals surface area contributed by atoms with Crippen LogP contribution >= 0.6 is 0 Å². The molecule has 0 saturated heterocycles. The molecule has 27 heavy (non-hydrogen) atoms. The van der Waals surface area contributed by atoms with Crippen molar-refractivity contribution in [1.29, 1.82) is 0 Å². The molecular weight excluding hydrogens is 352 g/mol. The maximum atomic E-state index is 13.7. The van der Waals surface area contributed by atoms with E-state index in [1.807, 2.05) is 13.0 Å². The van der Waals surface area contributed by atoms with Crippen LogP contribution in [0.25, 0.3) is 0 Å². The van der Waals surface area contributed by atoms with Gasteiger partial charge in [0.2, 0.25) is 0 Å². The smallest absolute Gasteiger partial charge is 0.274 e. The van der Waals surface area contributed by atoms with Crippen LogP contribution in [0, 0.1) is 18.6 Å². The van der Waals surface area contributed by atoms with Gasteiger partial charge < -0.3 is 15.4 Å². The number of rotatable bonds is 5. The standard InChI is InChI=1S/C20H17F2N3O2/c1-12-3-8-19(27-2)18(9-12)25-20(26)17-7-5-14(11-23-17)24-16-6-4-13(21)10-15(16)22/h3-11,24H,1-2H3,(H,25,26). The number of amides is 1. The Balaban J connectivity index is 1.73. The highest BCUT2D eigenvalue weighted by atomic mass is 19.1. The lowest BCUT2D eigenvalue weighted by molar-refractivity contribution is 0.102. The Morgan fingerprint density at radius 1 is 1.04 bits per heavy atom. The van der Waals surface area contributed by atoms with E-state index in [9.17, 15) is 13.6 Å². The molecule has 138 valence electrons. The number of carbonyl (C=O) groups is 1. The molecule has 0 atom stereocenters. The lowest BCUT2D eigenvalue weighted by atomic mass is 10.2. The van der Waals surface area contributed by atoms with Gasteiger partial charge in [0, 0.05) is 6.07 Å². The molecule has 0 fully saturated rings. The Morgan fingerprint density at radius 3 is 2.52 bits per heavy atom. The van der Waals surface area contributed by atoms with E-state index in [-0.39, 0.29) is 11.4 Å². The Labute approximate surface area is 155 Å². The minimum atomic E-state index is -0.719. The molecule has 1 amide bonds. The molecule has 3 aromatic rings. The van der Waals surface area contributed by atoms with Crippen LogP contribution < -0.4 is 15.4 Å². The van der Waals surface area contributed by atoms with Crippen molar-refractivity contribution >= 4 is 23.0 Å². The molecule has 2 aromatic carbocycles. The second-order valence-electron chi connectivity index (χ2n) is 5.84. The largest absolute Gasteiger partial charge is 0.495 e. The summed E-state index contributed by atoms with van der Waals surface area (Å²) in [6.07, 6.45) is 1.39. The normalized spacial score (nSPS) is 10.4. The maximum absolute atomic E-state index is 13.7. The summed E-state index contributed by atoms with van der Waals surface area (Å²) in [5.74, 6) is -1.24. The number of aromatic nitrogens is 1. The summed E-state index contributed by atoms with van der Waals surface area (Å²) in [6, 6.07) is 11.7. The number of aryl methyl sites for hydroxylation is 1. The Morgan fingerprint density at radius 2 is 1.85 bits per heavy atom. The first-order valence-electron chi connectivity index (χ1n) is 8.10. The highest BCUT2D eigenvalue weighted by molar-refractivity contribution is 6.03. The summed E-state index contributed by atoms with van der Waals surface area (Å²) in [7, 11) is 1.52. The SMILES string of the molecule is COc1ccc(C)cc1NC(=O)c1ccc(Nc2ccc(F)cc2F)cn1. The van der Waals surface area contributed by atoms with Gasteiger partial charge in [0.05, 0.1) is 30.4 Å². The summed E-state index contributed by atoms with van der Waals surface area (Å²) in [4.78, 5) is 16.5. The van der Waals surface area contributed by atoms with Crippen LogP contribution in [0.15, 0.2) is 54.7 Å². The minimum absolute atomic E-state index is 0.111. The summed E-state index contributed by atoms with van der Waals surface area (Å²) in [6.45, 7) is 1.91. The zero-order valence-corrected chi connectivity index (χ0v) is 14.7. The van der Waals surface area contributed by atoms with Gasteiger partial charge in [-0.1, -0.05) is 6.07 Å². The molecule has 0 spiro atoms. The van der Waals surface area contributed by atoms with Crippen molar-refractivity contribution in [2.45, 2.75) is 6.92 Å². The van der Waals surface area contributed by atoms with Crippen LogP contribution in [0.3, 0.4) is 0 Å². The molecule has 0 saturated carbocycles. The molecule has 7 heteroatoms. The molecule has 3 rings (SSSR count). The van der Waals surface area contributed by atoms with Crippen LogP contribution in [0.4, 0.5) is 25.8 Å². The lowest BCUT2D eigenvalue weighted by Gasteiger charge is -2.11. The molecule has 2 N–H and O–H groups in total. The Bertz CT molecular complexity index is 975. The minimum Gasteiger partial charge on any atom is -0.495 e. The third-order valence-corrected chi connectivity index (χ3v) is 3.81. The van der Waals surface area contributed by atoms with E-state index in [1.165, 1.54) is 25.4 Å². The van der Waals surface area contributed by atoms with E-state index in [4.69, 9.17) is 4.74 Å². The third-order valence-electron chi connectivity index (χ3n) is 3.81. The van der Waals surface area contributed by atoms with Crippen molar-refractivity contribution in [3.63, 3.8) is 0 Å². The number of ether oxygens (including phenoxy) is 1. The fourth-order valence-corrected chi connectivity index (χ4v) is 2.45. The number of halogens is 2. The van der Waals surface area contributed by atoms with Crippen LogP contribution in [-0.2, 0) is 0 Å². The molecule has 1 heterocycles. The van der Waals surface area contributed by atoms with Crippen molar-refractivity contribution in [2.24, 2.45) is 0 Å². The summed E-state index contributed by atoms with van der Waals surface area (Å²) in [5, 5.41) is 5.54. The molecule has 0 aliphatic heterocycles. The zero-order chi connectivity index (χ0) is 19.4. The molecule has 0 radical (unpaired) electrons. The number of methoxy groups -OCH3 is 1. The number of pyridine rings is 1. The van der Waals surface area contributed by atoms with E-state index >= 15 is 0 Å². The summed E-state index contributed by atoms with van der Waals surface area (Å²) >= 11 is 0. The van der Waals surface area contributed by atoms with Crippen molar-refractivity contribution in [2.75, 3.05) is 17.7 Å². The number of nitrogens with one attached hydrogen (secondary N) is 2. The van der Waals surface area contributed by atoms with Gasteiger partial charge in [-0.25, -0.2) is 13.8 Å². The highest BCUT2D eigenvalue weighted by Gasteiger charge is 2.12. The van der Waals surface area contributed by atoms with E-state index in [0.717, 1.165) is 17.7 Å². The predicted molar refractivity (Wildman–Crippen MR) is 99.6 cm³/mol. The first-order valence-corrected chi connectivity index (χ1v) is 8.10. The van der Waals surface area contributed by atoms with Crippen LogP contribution in [0.1, 0.15) is 16.1 Å². The van der Waals surface area contributed by atoms with E-state index in [0.29, 0.717) is 17.1 Å². The van der Waals surface area contributed by atoms with Gasteiger partial charge in [-0.15, -0.1) is 0 Å². The number of carbonyl (C=O) groups excluding carboxylic acids is 1. The lowest BCUT2D eigenvalue weighted by Crippen LogP contribution is -2.14. The average Bonchev–Trinajstić information content (AvgIpc) is 2.65. The molecule has 0 aliphatic carbocycles. The zero-order valence-electron chi connectivity index (χ0n) is 14.7. The number of hydrogen-bond donors (Lipinski definition) is 2. The summed E-state index contributed by atoms with van der Waals surface area (Å²) in [5.41, 5.74) is 2.27. The molecule has 0 aliphatic rings. The highest BCUT2D eigenvalue weighted by Crippen LogP contribution is 2.26. The quantitative estimate of drug-likeness (QED) is 0.686. The van der Waals surface area contributed by atoms with Crippen molar-refractivity contribution in [3.05, 3.63) is 77.6 Å². The van der Waals surface area contributed by atoms with Crippen LogP contribution in [0.2, 0.25) is 0 Å². The monoisotopic (exact) mass is 369 g/mol. The second-order valence-corrected chi connectivity index (χ2v) is 5.84. The van der Waals surface area contributed by atoms with Gasteiger partial charge in [-0.3, -0.25) is 4.79 Å². The van der Waals surface area contributed by atoms with E-state index in [1.54, 1.807) is 18.2 Å². The van der Waals surface area contributed by atoms with Crippen LogP contribution in [0.5, 0.6) is 5.75 Å². The van der Waals surface area contributed by atoms with Gasteiger partial charge in [0.1, 0.15) is 23.1 Å². The number of nitrogens with zero attached hydrogens (tertiary/aromatic N) is 1. The summed E-state index contributed by atoms with van der Waals surface area (Å²) < 4.78 is 31.9. The van der Waals surface area contributed by atoms with Gasteiger partial charge in [-0.05, 0) is 48.9 Å². The first-order chi connectivity index (χ1) is 13.0. The number of anilines is 3.